The molecular weight excluding hydrogens is 437 g/mol. The van der Waals surface area contributed by atoms with Crippen LogP contribution in [0.1, 0.15) is 37.1 Å². The van der Waals surface area contributed by atoms with E-state index in [4.69, 9.17) is 4.98 Å². The first-order valence-corrected chi connectivity index (χ1v) is 11.1. The van der Waals surface area contributed by atoms with E-state index in [2.05, 4.69) is 25.5 Å². The Balaban J connectivity index is 1.62. The Hall–Kier alpha value is -3.79. The Morgan fingerprint density at radius 2 is 2.06 bits per heavy atom. The fraction of sp³-hybridized carbons (Fsp3) is 0.333. The van der Waals surface area contributed by atoms with Crippen LogP contribution >= 0.6 is 0 Å². The number of aliphatic hydroxyl groups is 1. The normalized spacial score (nSPS) is 18.1. The summed E-state index contributed by atoms with van der Waals surface area (Å²) in [6.07, 6.45) is 4.07. The quantitative estimate of drug-likeness (QED) is 0.451. The lowest BCUT2D eigenvalue weighted by Gasteiger charge is -2.15. The van der Waals surface area contributed by atoms with Crippen molar-refractivity contribution >= 4 is 22.6 Å². The second-order valence-corrected chi connectivity index (χ2v) is 8.61. The molecule has 0 unspecified atom stereocenters. The number of hydrogen-bond donors (Lipinski definition) is 2. The summed E-state index contributed by atoms with van der Waals surface area (Å²) < 4.78 is 15.0. The second kappa shape index (κ2) is 8.53. The third-order valence-corrected chi connectivity index (χ3v) is 6.07. The fourth-order valence-corrected chi connectivity index (χ4v) is 3.91. The van der Waals surface area contributed by atoms with E-state index in [0.717, 1.165) is 22.1 Å². The molecule has 0 radical (unpaired) electrons. The number of hydrogen-bond acceptors (Lipinski definition) is 7. The first-order valence-electron chi connectivity index (χ1n) is 11.1. The number of aromatic nitrogens is 6. The Morgan fingerprint density at radius 1 is 1.26 bits per heavy atom. The van der Waals surface area contributed by atoms with Crippen molar-refractivity contribution in [3.63, 3.8) is 0 Å². The SMILES string of the molecule is CC[C@@H](O)c1cc(C)c(-c2cc3cnc(NC(=O)[C@H]4C[C@H]4F)cc3nc2-c2nncn2C)cn1. The summed E-state index contributed by atoms with van der Waals surface area (Å²) in [4.78, 5) is 25.8. The maximum absolute atomic E-state index is 13.2. The van der Waals surface area contributed by atoms with Crippen LogP contribution in [0, 0.1) is 12.8 Å². The average molecular weight is 462 g/mol. The van der Waals surface area contributed by atoms with Gasteiger partial charge in [-0.1, -0.05) is 6.92 Å². The number of carbonyl (C=O) groups excluding carboxylic acids is 1. The molecule has 0 aliphatic heterocycles. The van der Waals surface area contributed by atoms with Gasteiger partial charge < -0.3 is 15.0 Å². The second-order valence-electron chi connectivity index (χ2n) is 8.61. The lowest BCUT2D eigenvalue weighted by molar-refractivity contribution is -0.117. The molecule has 34 heavy (non-hydrogen) atoms. The van der Waals surface area contributed by atoms with Gasteiger partial charge in [0.25, 0.3) is 0 Å². The Morgan fingerprint density at radius 3 is 2.71 bits per heavy atom. The van der Waals surface area contributed by atoms with Gasteiger partial charge >= 0.3 is 0 Å². The van der Waals surface area contributed by atoms with Crippen LogP contribution < -0.4 is 5.32 Å². The van der Waals surface area contributed by atoms with Gasteiger partial charge in [0.1, 0.15) is 24.0 Å². The van der Waals surface area contributed by atoms with Crippen molar-refractivity contribution in [2.24, 2.45) is 13.0 Å². The van der Waals surface area contributed by atoms with E-state index >= 15 is 0 Å². The highest BCUT2D eigenvalue weighted by atomic mass is 19.1. The first kappa shape index (κ1) is 22.0. The molecule has 2 N–H and O–H groups in total. The van der Waals surface area contributed by atoms with Gasteiger partial charge in [-0.05, 0) is 37.5 Å². The predicted molar refractivity (Wildman–Crippen MR) is 124 cm³/mol. The Labute approximate surface area is 195 Å². The van der Waals surface area contributed by atoms with E-state index in [0.29, 0.717) is 35.0 Å². The van der Waals surface area contributed by atoms with Gasteiger partial charge in [0.2, 0.25) is 5.91 Å². The number of nitrogens with one attached hydrogen (secondary N) is 1. The van der Waals surface area contributed by atoms with Crippen molar-refractivity contribution in [2.75, 3.05) is 5.32 Å². The van der Waals surface area contributed by atoms with E-state index in [1.807, 2.05) is 33.0 Å². The van der Waals surface area contributed by atoms with Crippen LogP contribution in [0.2, 0.25) is 0 Å². The zero-order valence-electron chi connectivity index (χ0n) is 19.0. The lowest BCUT2D eigenvalue weighted by atomic mass is 9.98. The van der Waals surface area contributed by atoms with Gasteiger partial charge in [-0.25, -0.2) is 14.4 Å². The van der Waals surface area contributed by atoms with Gasteiger partial charge in [-0.2, -0.15) is 0 Å². The molecule has 10 heteroatoms. The average Bonchev–Trinajstić information content (AvgIpc) is 3.42. The molecule has 1 aliphatic rings. The number of aliphatic hydroxyl groups excluding tert-OH is 1. The summed E-state index contributed by atoms with van der Waals surface area (Å²) >= 11 is 0. The van der Waals surface area contributed by atoms with E-state index < -0.39 is 18.2 Å². The zero-order valence-corrected chi connectivity index (χ0v) is 19.0. The summed E-state index contributed by atoms with van der Waals surface area (Å²) in [6, 6.07) is 5.49. The van der Waals surface area contributed by atoms with E-state index in [1.165, 1.54) is 0 Å². The monoisotopic (exact) mass is 461 g/mol. The minimum atomic E-state index is -1.08. The van der Waals surface area contributed by atoms with E-state index in [9.17, 15) is 14.3 Å². The van der Waals surface area contributed by atoms with Crippen LogP contribution in [0.25, 0.3) is 33.5 Å². The molecule has 4 aromatic heterocycles. The van der Waals surface area contributed by atoms with Gasteiger partial charge in [-0.15, -0.1) is 10.2 Å². The van der Waals surface area contributed by atoms with Gasteiger partial charge in [0.05, 0.1) is 23.2 Å². The molecule has 0 spiro atoms. The highest BCUT2D eigenvalue weighted by Gasteiger charge is 2.43. The number of rotatable bonds is 6. The third-order valence-electron chi connectivity index (χ3n) is 6.07. The number of fused-ring (bicyclic) bond motifs is 1. The summed E-state index contributed by atoms with van der Waals surface area (Å²) in [6.45, 7) is 3.86. The maximum atomic E-state index is 13.2. The molecule has 0 bridgehead atoms. The van der Waals surface area contributed by atoms with Crippen LogP contribution in [-0.2, 0) is 11.8 Å². The molecule has 4 aromatic rings. The molecular formula is C24H24FN7O2. The van der Waals surface area contributed by atoms with Crippen molar-refractivity contribution in [3.05, 3.63) is 48.2 Å². The standard InChI is InChI=1S/C24H24FN7O2/c1-4-20(33)19-5-12(2)16(10-26-19)14-6-13-9-27-21(30-24(34)15-7-17(15)25)8-18(13)29-22(14)23-31-28-11-32(23)3/h5-6,8-11,15,17,20,33H,4,7H2,1-3H3,(H,27,30,34)/t15-,17+,20+/m0/s1. The van der Waals surface area contributed by atoms with E-state index in [-0.39, 0.29) is 12.3 Å². The third kappa shape index (κ3) is 4.01. The molecule has 9 nitrogen and oxygen atoms in total. The Bertz CT molecular complexity index is 1400. The molecule has 3 atom stereocenters. The highest BCUT2D eigenvalue weighted by Crippen LogP contribution is 2.36. The number of anilines is 1. The number of amides is 1. The predicted octanol–water partition coefficient (Wildman–Crippen LogP) is 3.54. The van der Waals surface area contributed by atoms with Crippen molar-refractivity contribution < 1.29 is 14.3 Å². The van der Waals surface area contributed by atoms with Crippen LogP contribution in [-0.4, -0.2) is 46.9 Å². The minimum Gasteiger partial charge on any atom is -0.387 e. The topological polar surface area (TPSA) is 119 Å². The maximum Gasteiger partial charge on any atom is 0.231 e. The molecule has 1 aliphatic carbocycles. The molecule has 0 saturated heterocycles. The minimum absolute atomic E-state index is 0.249. The number of halogens is 1. The number of carbonyl (C=O) groups is 1. The zero-order chi connectivity index (χ0) is 24.0. The Kier molecular flexibility index (Phi) is 5.52. The van der Waals surface area contributed by atoms with Crippen LogP contribution in [0.5, 0.6) is 0 Å². The van der Waals surface area contributed by atoms with Gasteiger partial charge in [-0.3, -0.25) is 9.78 Å². The van der Waals surface area contributed by atoms with Crippen LogP contribution in [0.4, 0.5) is 10.2 Å². The van der Waals surface area contributed by atoms with Crippen LogP contribution in [0.3, 0.4) is 0 Å². The van der Waals surface area contributed by atoms with Crippen LogP contribution in [0.15, 0.2) is 36.9 Å². The molecule has 4 heterocycles. The fourth-order valence-electron chi connectivity index (χ4n) is 3.91. The summed E-state index contributed by atoms with van der Waals surface area (Å²) in [5, 5.41) is 21.8. The summed E-state index contributed by atoms with van der Waals surface area (Å²) in [7, 11) is 1.83. The molecule has 1 saturated carbocycles. The first-order chi connectivity index (χ1) is 16.4. The largest absolute Gasteiger partial charge is 0.387 e. The van der Waals surface area contributed by atoms with Crippen molar-refractivity contribution in [1.82, 2.24) is 29.7 Å². The van der Waals surface area contributed by atoms with Gasteiger partial charge in [0, 0.05) is 42.0 Å². The number of nitrogens with zero attached hydrogens (tertiary/aromatic N) is 6. The highest BCUT2D eigenvalue weighted by molar-refractivity contribution is 5.96. The number of alkyl halides is 1. The lowest BCUT2D eigenvalue weighted by Crippen LogP contribution is -2.15. The molecule has 5 rings (SSSR count). The molecule has 1 amide bonds. The summed E-state index contributed by atoms with van der Waals surface area (Å²) in [5.41, 5.74) is 4.39. The van der Waals surface area contributed by atoms with Crippen molar-refractivity contribution in [1.29, 1.82) is 0 Å². The van der Waals surface area contributed by atoms with Crippen molar-refractivity contribution in [2.45, 2.75) is 39.0 Å². The smallest absolute Gasteiger partial charge is 0.231 e. The number of pyridine rings is 3. The van der Waals surface area contributed by atoms with Crippen molar-refractivity contribution in [3.8, 4) is 22.6 Å². The van der Waals surface area contributed by atoms with Gasteiger partial charge in [0.15, 0.2) is 5.82 Å². The summed E-state index contributed by atoms with van der Waals surface area (Å²) in [5.74, 6) is -0.0987. The molecule has 1 fully saturated rings. The number of aryl methyl sites for hydroxylation is 2. The molecule has 174 valence electrons. The van der Waals surface area contributed by atoms with E-state index in [1.54, 1.807) is 29.4 Å². The molecule has 0 aromatic carbocycles.